The number of nitrogens with zero attached hydrogens (tertiary/aromatic N) is 1. The Bertz CT molecular complexity index is 682. The Labute approximate surface area is 138 Å². The van der Waals surface area contributed by atoms with E-state index in [1.165, 1.54) is 0 Å². The maximum absolute atomic E-state index is 13.8. The summed E-state index contributed by atoms with van der Waals surface area (Å²) in [5.74, 6) is -2.03. The second-order valence-corrected chi connectivity index (χ2v) is 6.65. The van der Waals surface area contributed by atoms with Gasteiger partial charge in [-0.25, -0.2) is 13.6 Å². The van der Waals surface area contributed by atoms with E-state index in [4.69, 9.17) is 0 Å². The van der Waals surface area contributed by atoms with Gasteiger partial charge in [0, 0.05) is 11.6 Å². The molecule has 1 aliphatic heterocycles. The molecule has 1 saturated carbocycles. The van der Waals surface area contributed by atoms with E-state index >= 15 is 0 Å². The lowest BCUT2D eigenvalue weighted by molar-refractivity contribution is -0.135. The number of nitrogens with one attached hydrogen (secondary N) is 1. The van der Waals surface area contributed by atoms with Crippen LogP contribution in [0.4, 0.5) is 13.6 Å². The van der Waals surface area contributed by atoms with Gasteiger partial charge in [-0.05, 0) is 24.8 Å². The fourth-order valence-electron chi connectivity index (χ4n) is 3.70. The summed E-state index contributed by atoms with van der Waals surface area (Å²) in [6.07, 6.45) is 1.86. The molecule has 1 aliphatic carbocycles. The molecule has 1 aromatic carbocycles. The largest absolute Gasteiger partial charge is 0.386 e. The highest BCUT2D eigenvalue weighted by molar-refractivity contribution is 6.07. The molecular formula is C17H20F2N2O3. The van der Waals surface area contributed by atoms with Gasteiger partial charge in [0.25, 0.3) is 5.91 Å². The topological polar surface area (TPSA) is 69.6 Å². The molecule has 1 heterocycles. The second-order valence-electron chi connectivity index (χ2n) is 6.65. The van der Waals surface area contributed by atoms with E-state index < -0.39 is 29.3 Å². The van der Waals surface area contributed by atoms with Crippen LogP contribution in [0.2, 0.25) is 0 Å². The van der Waals surface area contributed by atoms with E-state index in [1.54, 1.807) is 0 Å². The van der Waals surface area contributed by atoms with Gasteiger partial charge in [-0.2, -0.15) is 0 Å². The number of hydrogen-bond acceptors (Lipinski definition) is 3. The minimum atomic E-state index is -1.41. The lowest BCUT2D eigenvalue weighted by atomic mass is 9.73. The number of rotatable bonds is 3. The van der Waals surface area contributed by atoms with Crippen molar-refractivity contribution in [1.29, 1.82) is 0 Å². The second kappa shape index (κ2) is 6.12. The van der Waals surface area contributed by atoms with Crippen molar-refractivity contribution in [1.82, 2.24) is 10.2 Å². The van der Waals surface area contributed by atoms with Gasteiger partial charge < -0.3 is 10.4 Å². The van der Waals surface area contributed by atoms with Gasteiger partial charge in [0.1, 0.15) is 17.2 Å². The molecule has 1 saturated heterocycles. The Morgan fingerprint density at radius 1 is 1.38 bits per heavy atom. The average molecular weight is 338 g/mol. The van der Waals surface area contributed by atoms with E-state index in [9.17, 15) is 23.5 Å². The van der Waals surface area contributed by atoms with Crippen LogP contribution in [-0.4, -0.2) is 34.0 Å². The number of β-amino-alcohol motifs (C(OH)–C–C–N with tert-alkyl or cyclic N) is 1. The molecule has 3 amide bonds. The molecule has 5 nitrogen and oxygen atoms in total. The predicted molar refractivity (Wildman–Crippen MR) is 81.9 cm³/mol. The minimum absolute atomic E-state index is 0.00685. The summed E-state index contributed by atoms with van der Waals surface area (Å²) in [5.41, 5.74) is -1.06. The van der Waals surface area contributed by atoms with Gasteiger partial charge in [0.15, 0.2) is 0 Å². The molecule has 24 heavy (non-hydrogen) atoms. The van der Waals surface area contributed by atoms with E-state index in [2.05, 4.69) is 5.32 Å². The number of urea groups is 1. The van der Waals surface area contributed by atoms with Crippen molar-refractivity contribution < 1.29 is 23.5 Å². The van der Waals surface area contributed by atoms with Gasteiger partial charge >= 0.3 is 6.03 Å². The van der Waals surface area contributed by atoms with Gasteiger partial charge in [-0.15, -0.1) is 0 Å². The molecule has 0 radical (unpaired) electrons. The fraction of sp³-hybridized carbons (Fsp3) is 0.529. The molecule has 3 rings (SSSR count). The molecule has 0 unspecified atom stereocenters. The van der Waals surface area contributed by atoms with E-state index in [0.717, 1.165) is 36.3 Å². The SMILES string of the molecule is C[C@@H]1CCCC[C@]12NC(=O)N(C[C@H](O)c1ccc(F)cc1F)C2=O. The van der Waals surface area contributed by atoms with E-state index in [0.29, 0.717) is 12.5 Å². The molecule has 2 N–H and O–H groups in total. The lowest BCUT2D eigenvalue weighted by Crippen LogP contribution is -2.54. The van der Waals surface area contributed by atoms with E-state index in [1.807, 2.05) is 6.92 Å². The Kier molecular flexibility index (Phi) is 4.29. The zero-order valence-electron chi connectivity index (χ0n) is 13.4. The number of aliphatic hydroxyl groups excluding tert-OH is 1. The van der Waals surface area contributed by atoms with Gasteiger partial charge in [0.05, 0.1) is 12.6 Å². The first-order valence-corrected chi connectivity index (χ1v) is 8.12. The third kappa shape index (κ3) is 2.66. The lowest BCUT2D eigenvalue weighted by Gasteiger charge is -2.37. The molecule has 0 aromatic heterocycles. The average Bonchev–Trinajstić information content (AvgIpc) is 2.75. The maximum Gasteiger partial charge on any atom is 0.325 e. The van der Waals surface area contributed by atoms with Crippen LogP contribution in [0.25, 0.3) is 0 Å². The molecule has 7 heteroatoms. The summed E-state index contributed by atoms with van der Waals surface area (Å²) in [5, 5.41) is 13.0. The minimum Gasteiger partial charge on any atom is -0.386 e. The van der Waals surface area contributed by atoms with Crippen LogP contribution in [0.5, 0.6) is 0 Å². The van der Waals surface area contributed by atoms with Crippen LogP contribution in [0.15, 0.2) is 18.2 Å². The molecule has 1 spiro atoms. The van der Waals surface area contributed by atoms with Crippen LogP contribution in [0, 0.1) is 17.6 Å². The maximum atomic E-state index is 13.8. The van der Waals surface area contributed by atoms with Crippen LogP contribution < -0.4 is 5.32 Å². The zero-order valence-corrected chi connectivity index (χ0v) is 13.4. The summed E-state index contributed by atoms with van der Waals surface area (Å²) >= 11 is 0. The van der Waals surface area contributed by atoms with Crippen LogP contribution >= 0.6 is 0 Å². The fourth-order valence-corrected chi connectivity index (χ4v) is 3.70. The smallest absolute Gasteiger partial charge is 0.325 e. The standard InChI is InChI=1S/C17H20F2N2O3/c1-10-4-2-3-7-17(10)15(23)21(16(24)20-17)9-14(22)12-6-5-11(18)8-13(12)19/h5-6,8,10,14,22H,2-4,7,9H2,1H3,(H,20,24)/t10-,14+,17+/m1/s1. The molecular weight excluding hydrogens is 318 g/mol. The van der Waals surface area contributed by atoms with Crippen LogP contribution in [-0.2, 0) is 4.79 Å². The van der Waals surface area contributed by atoms with Crippen molar-refractivity contribution in [2.24, 2.45) is 5.92 Å². The monoisotopic (exact) mass is 338 g/mol. The molecule has 2 fully saturated rings. The Hall–Kier alpha value is -2.02. The number of benzene rings is 1. The summed E-state index contributed by atoms with van der Waals surface area (Å²) in [4.78, 5) is 26.0. The van der Waals surface area contributed by atoms with E-state index in [-0.39, 0.29) is 23.9 Å². The molecule has 2 aliphatic rings. The van der Waals surface area contributed by atoms with Crippen molar-refractivity contribution in [2.75, 3.05) is 6.54 Å². The highest BCUT2D eigenvalue weighted by Gasteiger charge is 2.55. The summed E-state index contributed by atoms with van der Waals surface area (Å²) in [6, 6.07) is 2.23. The van der Waals surface area contributed by atoms with Gasteiger partial charge in [-0.1, -0.05) is 25.8 Å². The molecule has 130 valence electrons. The highest BCUT2D eigenvalue weighted by atomic mass is 19.1. The van der Waals surface area contributed by atoms with Crippen molar-refractivity contribution >= 4 is 11.9 Å². The van der Waals surface area contributed by atoms with Gasteiger partial charge in [-0.3, -0.25) is 9.69 Å². The third-order valence-corrected chi connectivity index (χ3v) is 5.18. The van der Waals surface area contributed by atoms with Crippen molar-refractivity contribution in [3.05, 3.63) is 35.4 Å². The number of carbonyl (C=O) groups excluding carboxylic acids is 2. The van der Waals surface area contributed by atoms with Crippen molar-refractivity contribution in [2.45, 2.75) is 44.2 Å². The first-order valence-electron chi connectivity index (χ1n) is 8.12. The number of imide groups is 1. The van der Waals surface area contributed by atoms with Crippen LogP contribution in [0.3, 0.4) is 0 Å². The normalized spacial score (nSPS) is 28.3. The Morgan fingerprint density at radius 3 is 2.79 bits per heavy atom. The summed E-state index contributed by atoms with van der Waals surface area (Å²) in [7, 11) is 0. The summed E-state index contributed by atoms with van der Waals surface area (Å²) in [6.45, 7) is 1.57. The first-order chi connectivity index (χ1) is 11.3. The van der Waals surface area contributed by atoms with Crippen molar-refractivity contribution in [3.63, 3.8) is 0 Å². The number of carbonyl (C=O) groups is 2. The summed E-state index contributed by atoms with van der Waals surface area (Å²) < 4.78 is 26.7. The molecule has 1 aromatic rings. The zero-order chi connectivity index (χ0) is 17.5. The van der Waals surface area contributed by atoms with Gasteiger partial charge in [0.2, 0.25) is 0 Å². The number of aliphatic hydroxyl groups is 1. The predicted octanol–water partition coefficient (Wildman–Crippen LogP) is 2.50. The first kappa shape index (κ1) is 16.8. The quantitative estimate of drug-likeness (QED) is 0.832. The number of amides is 3. The highest BCUT2D eigenvalue weighted by Crippen LogP contribution is 2.38. The molecule has 0 bridgehead atoms. The number of hydrogen-bond donors (Lipinski definition) is 2. The Balaban J connectivity index is 1.80. The van der Waals surface area contributed by atoms with Crippen molar-refractivity contribution in [3.8, 4) is 0 Å². The third-order valence-electron chi connectivity index (χ3n) is 5.18. The Morgan fingerprint density at radius 2 is 2.12 bits per heavy atom. The number of halogens is 2. The van der Waals surface area contributed by atoms with Crippen LogP contribution in [0.1, 0.15) is 44.3 Å². The molecule has 3 atom stereocenters.